The summed E-state index contributed by atoms with van der Waals surface area (Å²) in [4.78, 5) is 36.4. The van der Waals surface area contributed by atoms with Gasteiger partial charge in [0.15, 0.2) is 0 Å². The van der Waals surface area contributed by atoms with Gasteiger partial charge in [-0.2, -0.15) is 0 Å². The third kappa shape index (κ3) is 7.25. The number of nitrogens with zero attached hydrogens (tertiary/aromatic N) is 4. The van der Waals surface area contributed by atoms with E-state index < -0.39 is 0 Å². The number of rotatable bonds is 6. The van der Waals surface area contributed by atoms with Gasteiger partial charge in [-0.1, -0.05) is 95.5 Å². The zero-order valence-corrected chi connectivity index (χ0v) is 25.3. The number of likely N-dealkylation sites (tertiary alicyclic amines) is 1. The largest absolute Gasteiger partial charge is 0.353 e. The van der Waals surface area contributed by atoms with Crippen LogP contribution in [0.3, 0.4) is 0 Å². The highest BCUT2D eigenvalue weighted by Gasteiger charge is 2.37. The molecular formula is C34H47N5O2. The van der Waals surface area contributed by atoms with Crippen LogP contribution in [0.2, 0.25) is 0 Å². The third-order valence-corrected chi connectivity index (χ3v) is 8.05. The summed E-state index contributed by atoms with van der Waals surface area (Å²) in [5.74, 6) is 0.795. The molecule has 1 aromatic heterocycles. The van der Waals surface area contributed by atoms with E-state index in [1.54, 1.807) is 4.57 Å². The molecule has 6 rings (SSSR count). The molecule has 2 aromatic carbocycles. The fraction of sp³-hybridized carbons (Fsp3) is 0.500. The first-order chi connectivity index (χ1) is 20.2. The Bertz CT molecular complexity index is 1300. The van der Waals surface area contributed by atoms with Crippen molar-refractivity contribution in [2.75, 3.05) is 25.0 Å². The molecule has 1 amide bonds. The minimum absolute atomic E-state index is 0.00168. The fourth-order valence-corrected chi connectivity index (χ4v) is 5.96. The van der Waals surface area contributed by atoms with Crippen molar-refractivity contribution < 1.29 is 4.79 Å². The second-order valence-electron chi connectivity index (χ2n) is 10.7. The average molecular weight is 558 g/mol. The van der Waals surface area contributed by atoms with Crippen molar-refractivity contribution in [3.8, 4) is 5.69 Å². The number of para-hydroxylation sites is 1. The monoisotopic (exact) mass is 557 g/mol. The molecule has 2 aliphatic heterocycles. The van der Waals surface area contributed by atoms with Gasteiger partial charge in [-0.3, -0.25) is 14.5 Å². The molecule has 3 aliphatic rings. The van der Waals surface area contributed by atoms with E-state index in [0.717, 1.165) is 43.9 Å². The maximum atomic E-state index is 13.9. The van der Waals surface area contributed by atoms with Gasteiger partial charge in [0.05, 0.1) is 29.4 Å². The highest BCUT2D eigenvalue weighted by molar-refractivity contribution is 5.80. The van der Waals surface area contributed by atoms with Crippen molar-refractivity contribution in [3.05, 3.63) is 87.8 Å². The summed E-state index contributed by atoms with van der Waals surface area (Å²) >= 11 is 0. The molecule has 7 heteroatoms. The van der Waals surface area contributed by atoms with Crippen molar-refractivity contribution in [1.82, 2.24) is 19.4 Å². The quantitative estimate of drug-likeness (QED) is 0.400. The fourth-order valence-electron chi connectivity index (χ4n) is 5.96. The second-order valence-corrected chi connectivity index (χ2v) is 10.7. The lowest BCUT2D eigenvalue weighted by molar-refractivity contribution is -0.142. The summed E-state index contributed by atoms with van der Waals surface area (Å²) in [6.45, 7) is 11.4. The van der Waals surface area contributed by atoms with Crippen LogP contribution in [0.25, 0.3) is 5.69 Å². The highest BCUT2D eigenvalue weighted by Crippen LogP contribution is 2.26. The van der Waals surface area contributed by atoms with Gasteiger partial charge in [-0.05, 0) is 30.5 Å². The molecule has 3 aromatic rings. The Hall–Kier alpha value is -3.45. The predicted molar refractivity (Wildman–Crippen MR) is 167 cm³/mol. The molecule has 1 N–H and O–H groups in total. The Morgan fingerprint density at radius 1 is 0.902 bits per heavy atom. The first kappa shape index (κ1) is 30.5. The topological polar surface area (TPSA) is 70.5 Å². The van der Waals surface area contributed by atoms with Crippen LogP contribution in [0.1, 0.15) is 76.6 Å². The molecule has 3 heterocycles. The number of aromatic nitrogens is 2. The lowest BCUT2D eigenvalue weighted by atomic mass is 9.95. The van der Waals surface area contributed by atoms with Crippen LogP contribution in [-0.4, -0.2) is 50.9 Å². The molecule has 220 valence electrons. The van der Waals surface area contributed by atoms with Crippen LogP contribution >= 0.6 is 0 Å². The Morgan fingerprint density at radius 3 is 2.20 bits per heavy atom. The minimum Gasteiger partial charge on any atom is -0.353 e. The van der Waals surface area contributed by atoms with E-state index in [1.807, 2.05) is 69.0 Å². The summed E-state index contributed by atoms with van der Waals surface area (Å²) < 4.78 is 1.71. The van der Waals surface area contributed by atoms with E-state index in [2.05, 4.69) is 34.5 Å². The lowest BCUT2D eigenvalue weighted by Crippen LogP contribution is -2.55. The molecule has 1 saturated carbocycles. The van der Waals surface area contributed by atoms with Crippen LogP contribution < -0.4 is 10.9 Å². The van der Waals surface area contributed by atoms with Gasteiger partial charge >= 0.3 is 0 Å². The molecule has 7 nitrogen and oxygen atoms in total. The first-order valence-corrected chi connectivity index (χ1v) is 15.7. The first-order valence-electron chi connectivity index (χ1n) is 15.7. The standard InChI is InChI=1S/C30H35N5O2.2C2H6/c36-28(23-19-33(20-23)18-22-10-4-1-5-11-22)34-17-16-27-26(21-34)29(37)35(25-14-8-3-9-15-25)30(32-27)31-24-12-6-2-7-13-24;2*1-2/h1,3-5,8-11,14-15,23-24H,2,6-7,12-13,16-21H2,(H,31,32);2*1-2H3. The maximum Gasteiger partial charge on any atom is 0.264 e. The van der Waals surface area contributed by atoms with E-state index in [1.165, 1.54) is 24.8 Å². The van der Waals surface area contributed by atoms with Crippen molar-refractivity contribution in [2.45, 2.75) is 85.4 Å². The number of hydrogen-bond donors (Lipinski definition) is 1. The van der Waals surface area contributed by atoms with E-state index in [4.69, 9.17) is 4.98 Å². The molecule has 2 fully saturated rings. The molecule has 1 saturated heterocycles. The number of benzene rings is 2. The summed E-state index contributed by atoms with van der Waals surface area (Å²) in [5, 5.41) is 3.60. The van der Waals surface area contributed by atoms with Gasteiger partial charge in [0.25, 0.3) is 5.56 Å². The van der Waals surface area contributed by atoms with Crippen molar-refractivity contribution >= 4 is 11.9 Å². The number of hydrogen-bond acceptors (Lipinski definition) is 5. The van der Waals surface area contributed by atoms with E-state index in [-0.39, 0.29) is 17.4 Å². The number of carbonyl (C=O) groups excluding carboxylic acids is 1. The number of amides is 1. The highest BCUT2D eigenvalue weighted by atomic mass is 16.2. The Kier molecular flexibility index (Phi) is 11.1. The van der Waals surface area contributed by atoms with Gasteiger partial charge in [-0.15, -0.1) is 0 Å². The smallest absolute Gasteiger partial charge is 0.264 e. The second kappa shape index (κ2) is 15.0. The lowest BCUT2D eigenvalue weighted by Gasteiger charge is -2.41. The molecule has 0 radical (unpaired) electrons. The minimum atomic E-state index is -0.0636. The molecular weight excluding hydrogens is 510 g/mol. The average Bonchev–Trinajstić information content (AvgIpc) is 3.02. The number of carbonyl (C=O) groups is 1. The summed E-state index contributed by atoms with van der Waals surface area (Å²) in [5.41, 5.74) is 3.49. The number of anilines is 1. The van der Waals surface area contributed by atoms with E-state index >= 15 is 0 Å². The molecule has 41 heavy (non-hydrogen) atoms. The molecule has 0 bridgehead atoms. The predicted octanol–water partition coefficient (Wildman–Crippen LogP) is 6.05. The Balaban J connectivity index is 0.000000929. The van der Waals surface area contributed by atoms with Crippen LogP contribution in [0, 0.1) is 5.92 Å². The van der Waals surface area contributed by atoms with Gasteiger partial charge in [0, 0.05) is 38.6 Å². The van der Waals surface area contributed by atoms with Crippen LogP contribution in [0.5, 0.6) is 0 Å². The van der Waals surface area contributed by atoms with Crippen LogP contribution in [0.4, 0.5) is 5.95 Å². The number of nitrogens with one attached hydrogen (secondary N) is 1. The van der Waals surface area contributed by atoms with Crippen molar-refractivity contribution in [1.29, 1.82) is 0 Å². The zero-order chi connectivity index (χ0) is 29.2. The van der Waals surface area contributed by atoms with Crippen LogP contribution in [-0.2, 0) is 24.3 Å². The normalized spacial score (nSPS) is 17.2. The molecule has 1 aliphatic carbocycles. The van der Waals surface area contributed by atoms with Gasteiger partial charge in [-0.25, -0.2) is 9.55 Å². The molecule has 0 unspecified atom stereocenters. The van der Waals surface area contributed by atoms with Gasteiger partial charge in [0.2, 0.25) is 11.9 Å². The third-order valence-electron chi connectivity index (χ3n) is 8.05. The Morgan fingerprint density at radius 2 is 1.54 bits per heavy atom. The zero-order valence-electron chi connectivity index (χ0n) is 25.3. The molecule has 0 spiro atoms. The van der Waals surface area contributed by atoms with Gasteiger partial charge < -0.3 is 10.2 Å². The van der Waals surface area contributed by atoms with E-state index in [0.29, 0.717) is 37.1 Å². The maximum absolute atomic E-state index is 13.9. The summed E-state index contributed by atoms with van der Waals surface area (Å²) in [7, 11) is 0. The number of fused-ring (bicyclic) bond motifs is 1. The van der Waals surface area contributed by atoms with Crippen molar-refractivity contribution in [3.63, 3.8) is 0 Å². The van der Waals surface area contributed by atoms with Crippen molar-refractivity contribution in [2.24, 2.45) is 5.92 Å². The van der Waals surface area contributed by atoms with E-state index in [9.17, 15) is 9.59 Å². The SMILES string of the molecule is CC.CC.O=C(C1CN(Cc2ccccc2)C1)N1CCc2nc(NC3CCCCC3)n(-c3ccccc3)c(=O)c2C1. The molecule has 0 atom stereocenters. The van der Waals surface area contributed by atoms with Gasteiger partial charge in [0.1, 0.15) is 0 Å². The van der Waals surface area contributed by atoms with Crippen LogP contribution in [0.15, 0.2) is 65.5 Å². The summed E-state index contributed by atoms with van der Waals surface area (Å²) in [6, 6.07) is 20.4. The Labute approximate surface area is 245 Å². The summed E-state index contributed by atoms with van der Waals surface area (Å²) in [6.07, 6.45) is 6.51.